The number of likely N-dealkylation sites (N-methyl/N-ethyl adjacent to an activating group) is 1. The largest absolute Gasteiger partial charge is 0.480 e. The van der Waals surface area contributed by atoms with Crippen LogP contribution in [0.3, 0.4) is 0 Å². The van der Waals surface area contributed by atoms with E-state index in [1.165, 1.54) is 6.07 Å². The molecular weight excluding hydrogens is 328 g/mol. The maximum Gasteiger partial charge on any atom is 0.317 e. The number of para-hydroxylation sites is 2. The smallest absolute Gasteiger partial charge is 0.317 e. The van der Waals surface area contributed by atoms with Crippen molar-refractivity contribution in [3.05, 3.63) is 34.4 Å². The molecule has 0 spiro atoms. The Kier molecular flexibility index (Phi) is 6.29. The number of amides is 1. The Labute approximate surface area is 145 Å². The number of carbonyl (C=O) groups excluding carboxylic acids is 1. The summed E-state index contributed by atoms with van der Waals surface area (Å²) in [5.74, 6) is -1.11. The van der Waals surface area contributed by atoms with Crippen molar-refractivity contribution in [1.82, 2.24) is 10.2 Å². The van der Waals surface area contributed by atoms with Gasteiger partial charge in [0.1, 0.15) is 5.69 Å². The number of nitrogens with zero attached hydrogens (tertiary/aromatic N) is 2. The Morgan fingerprint density at radius 3 is 2.64 bits per heavy atom. The van der Waals surface area contributed by atoms with Gasteiger partial charge in [0, 0.05) is 18.2 Å². The maximum atomic E-state index is 12.0. The average molecular weight is 350 g/mol. The number of carboxylic acid groups (broad SMARTS) is 1. The molecule has 0 unspecified atom stereocenters. The van der Waals surface area contributed by atoms with Crippen LogP contribution in [0.5, 0.6) is 0 Å². The van der Waals surface area contributed by atoms with Gasteiger partial charge in [-0.1, -0.05) is 19.1 Å². The minimum Gasteiger partial charge on any atom is -0.480 e. The Morgan fingerprint density at radius 2 is 2.04 bits per heavy atom. The van der Waals surface area contributed by atoms with Crippen LogP contribution in [0, 0.1) is 10.1 Å². The fraction of sp³-hybridized carbons (Fsp3) is 0.500. The molecule has 0 aliphatic heterocycles. The van der Waals surface area contributed by atoms with Crippen molar-refractivity contribution in [1.29, 1.82) is 0 Å². The first-order valence-electron chi connectivity index (χ1n) is 8.13. The van der Waals surface area contributed by atoms with E-state index in [1.54, 1.807) is 18.2 Å². The number of rotatable bonds is 9. The Hall–Kier alpha value is -2.68. The number of benzene rings is 1. The zero-order chi connectivity index (χ0) is 18.4. The van der Waals surface area contributed by atoms with Crippen LogP contribution in [0.2, 0.25) is 0 Å². The van der Waals surface area contributed by atoms with E-state index in [4.69, 9.17) is 5.11 Å². The molecule has 1 saturated carbocycles. The molecule has 3 N–H and O–H groups in total. The Morgan fingerprint density at radius 1 is 1.36 bits per heavy atom. The van der Waals surface area contributed by atoms with E-state index in [9.17, 15) is 19.7 Å². The Bertz CT molecular complexity index is 645. The number of nitro benzene ring substituents is 1. The van der Waals surface area contributed by atoms with Gasteiger partial charge in [-0.05, 0) is 25.5 Å². The molecule has 0 atom stereocenters. The molecule has 136 valence electrons. The molecule has 0 saturated heterocycles. The van der Waals surface area contributed by atoms with Crippen molar-refractivity contribution >= 4 is 23.3 Å². The monoisotopic (exact) mass is 350 g/mol. The molecule has 1 amide bonds. The predicted molar refractivity (Wildman–Crippen MR) is 91.4 cm³/mol. The standard InChI is InChI=1S/C16H22N4O5/c1-2-19(10-16(22)23)12-7-11(8-12)18-15(21)9-17-13-5-3-4-6-14(13)20(24)25/h3-6,11-12,17H,2,7-10H2,1H3,(H,18,21)(H,22,23). The maximum absolute atomic E-state index is 12.0. The molecule has 0 aromatic heterocycles. The van der Waals surface area contributed by atoms with Crippen molar-refractivity contribution in [3.63, 3.8) is 0 Å². The third-order valence-electron chi connectivity index (χ3n) is 4.28. The average Bonchev–Trinajstić information content (AvgIpc) is 2.54. The summed E-state index contributed by atoms with van der Waals surface area (Å²) in [7, 11) is 0. The molecule has 2 rings (SSSR count). The van der Waals surface area contributed by atoms with Crippen LogP contribution in [0.15, 0.2) is 24.3 Å². The van der Waals surface area contributed by atoms with Crippen LogP contribution in [-0.2, 0) is 9.59 Å². The van der Waals surface area contributed by atoms with Crippen LogP contribution in [0.1, 0.15) is 19.8 Å². The molecule has 1 aromatic carbocycles. The van der Waals surface area contributed by atoms with E-state index in [0.717, 1.165) is 0 Å². The number of nitrogens with one attached hydrogen (secondary N) is 2. The summed E-state index contributed by atoms with van der Waals surface area (Å²) in [5, 5.41) is 25.4. The highest BCUT2D eigenvalue weighted by Crippen LogP contribution is 2.26. The lowest BCUT2D eigenvalue weighted by atomic mass is 9.85. The number of hydrogen-bond acceptors (Lipinski definition) is 6. The molecule has 9 nitrogen and oxygen atoms in total. The fourth-order valence-electron chi connectivity index (χ4n) is 2.91. The quantitative estimate of drug-likeness (QED) is 0.449. The van der Waals surface area contributed by atoms with E-state index in [1.807, 2.05) is 11.8 Å². The summed E-state index contributed by atoms with van der Waals surface area (Å²) in [6.45, 7) is 2.50. The lowest BCUT2D eigenvalue weighted by molar-refractivity contribution is -0.383. The SMILES string of the molecule is CCN(CC(=O)O)C1CC(NC(=O)CNc2ccccc2[N+](=O)[O-])C1. The second kappa shape index (κ2) is 8.43. The van der Waals surface area contributed by atoms with Crippen molar-refractivity contribution < 1.29 is 19.6 Å². The highest BCUT2D eigenvalue weighted by atomic mass is 16.6. The third-order valence-corrected chi connectivity index (χ3v) is 4.28. The molecule has 1 fully saturated rings. The van der Waals surface area contributed by atoms with E-state index < -0.39 is 10.9 Å². The molecule has 1 aromatic rings. The number of carbonyl (C=O) groups is 2. The molecule has 0 radical (unpaired) electrons. The number of hydrogen-bond donors (Lipinski definition) is 3. The topological polar surface area (TPSA) is 125 Å². The van der Waals surface area contributed by atoms with Gasteiger partial charge in [-0.2, -0.15) is 0 Å². The van der Waals surface area contributed by atoms with Crippen LogP contribution in [0.4, 0.5) is 11.4 Å². The van der Waals surface area contributed by atoms with E-state index >= 15 is 0 Å². The molecule has 1 aliphatic rings. The van der Waals surface area contributed by atoms with Crippen LogP contribution >= 0.6 is 0 Å². The minimum atomic E-state index is -0.858. The summed E-state index contributed by atoms with van der Waals surface area (Å²) < 4.78 is 0. The number of aliphatic carboxylic acids is 1. The van der Waals surface area contributed by atoms with Crippen LogP contribution in [-0.4, -0.2) is 58.5 Å². The number of carboxylic acids is 1. The van der Waals surface area contributed by atoms with Gasteiger partial charge in [-0.3, -0.25) is 24.6 Å². The normalized spacial score (nSPS) is 19.1. The van der Waals surface area contributed by atoms with Gasteiger partial charge >= 0.3 is 5.97 Å². The molecule has 0 heterocycles. The molecule has 25 heavy (non-hydrogen) atoms. The van der Waals surface area contributed by atoms with Gasteiger partial charge in [0.05, 0.1) is 18.0 Å². The predicted octanol–water partition coefficient (Wildman–Crippen LogP) is 1.06. The highest BCUT2D eigenvalue weighted by molar-refractivity contribution is 5.82. The summed E-state index contributed by atoms with van der Waals surface area (Å²) in [6, 6.07) is 6.32. The van der Waals surface area contributed by atoms with Crippen molar-refractivity contribution in [2.24, 2.45) is 0 Å². The molecule has 9 heteroatoms. The zero-order valence-corrected chi connectivity index (χ0v) is 14.0. The van der Waals surface area contributed by atoms with E-state index in [2.05, 4.69) is 10.6 Å². The first kappa shape index (κ1) is 18.7. The van der Waals surface area contributed by atoms with Gasteiger partial charge in [-0.25, -0.2) is 0 Å². The second-order valence-corrected chi connectivity index (χ2v) is 5.97. The minimum absolute atomic E-state index is 0.00105. The summed E-state index contributed by atoms with van der Waals surface area (Å²) in [4.78, 5) is 35.1. The van der Waals surface area contributed by atoms with Gasteiger partial charge in [-0.15, -0.1) is 0 Å². The number of anilines is 1. The van der Waals surface area contributed by atoms with Gasteiger partial charge < -0.3 is 15.7 Å². The molecule has 0 bridgehead atoms. The molecule has 1 aliphatic carbocycles. The van der Waals surface area contributed by atoms with Gasteiger partial charge in [0.25, 0.3) is 5.69 Å². The van der Waals surface area contributed by atoms with Crippen molar-refractivity contribution in [2.75, 3.05) is 25.0 Å². The van der Waals surface area contributed by atoms with Crippen LogP contribution < -0.4 is 10.6 Å². The fourth-order valence-corrected chi connectivity index (χ4v) is 2.91. The summed E-state index contributed by atoms with van der Waals surface area (Å²) in [6.07, 6.45) is 1.41. The van der Waals surface area contributed by atoms with Crippen LogP contribution in [0.25, 0.3) is 0 Å². The first-order chi connectivity index (χ1) is 11.9. The zero-order valence-electron chi connectivity index (χ0n) is 14.0. The molecular formula is C16H22N4O5. The lowest BCUT2D eigenvalue weighted by Crippen LogP contribution is -2.55. The first-order valence-corrected chi connectivity index (χ1v) is 8.13. The highest BCUT2D eigenvalue weighted by Gasteiger charge is 2.34. The number of nitro groups is 1. The van der Waals surface area contributed by atoms with Gasteiger partial charge in [0.15, 0.2) is 0 Å². The van der Waals surface area contributed by atoms with Crippen molar-refractivity contribution in [3.8, 4) is 0 Å². The van der Waals surface area contributed by atoms with E-state index in [-0.39, 0.29) is 36.8 Å². The summed E-state index contributed by atoms with van der Waals surface area (Å²) >= 11 is 0. The second-order valence-electron chi connectivity index (χ2n) is 5.97. The Balaban J connectivity index is 1.76. The summed E-state index contributed by atoms with van der Waals surface area (Å²) in [5.41, 5.74) is 0.221. The lowest BCUT2D eigenvalue weighted by Gasteiger charge is -2.42. The van der Waals surface area contributed by atoms with E-state index in [0.29, 0.717) is 25.1 Å². The van der Waals surface area contributed by atoms with Crippen molar-refractivity contribution in [2.45, 2.75) is 31.8 Å². The third kappa shape index (κ3) is 5.15. The van der Waals surface area contributed by atoms with Gasteiger partial charge in [0.2, 0.25) is 5.91 Å².